The van der Waals surface area contributed by atoms with E-state index in [1.165, 1.54) is 11.1 Å². The molecule has 0 fully saturated rings. The lowest BCUT2D eigenvalue weighted by Gasteiger charge is -2.11. The van der Waals surface area contributed by atoms with Crippen LogP contribution in [0.3, 0.4) is 0 Å². The van der Waals surface area contributed by atoms with E-state index in [1.54, 1.807) is 12.2 Å². The highest BCUT2D eigenvalue weighted by molar-refractivity contribution is 5.95. The highest BCUT2D eigenvalue weighted by Gasteiger charge is 2.13. The second-order valence-corrected chi connectivity index (χ2v) is 9.12. The highest BCUT2D eigenvalue weighted by atomic mass is 16.1. The Morgan fingerprint density at radius 3 is 2.23 bits per heavy atom. The standard InChI is InChI=1S/C23H26O.C12H14O.C2H6/c1-4-6-7-8-15-23(24)18(3)20-12-10-14-22(17-20)21-13-9-11-19(5-2)16-21;1-3-11-6-4-5-7-12(11)10(2)8-9-13;1-2/h5,8-18H,2,4,6-7H2,1,3H3;4-9H,3H2,1-2H3;1-2H3/b15-8+;10-8-;. The minimum Gasteiger partial charge on any atom is -0.299 e. The average molecular weight is 523 g/mol. The van der Waals surface area contributed by atoms with Crippen LogP contribution in [-0.4, -0.2) is 12.1 Å². The Kier molecular flexibility index (Phi) is 16.5. The summed E-state index contributed by atoms with van der Waals surface area (Å²) in [5.74, 6) is 0.0495. The van der Waals surface area contributed by atoms with Crippen LogP contribution in [0, 0.1) is 0 Å². The van der Waals surface area contributed by atoms with Gasteiger partial charge in [-0.05, 0) is 76.9 Å². The van der Waals surface area contributed by atoms with Gasteiger partial charge in [0.05, 0.1) is 0 Å². The van der Waals surface area contributed by atoms with Gasteiger partial charge in [-0.2, -0.15) is 0 Å². The minimum atomic E-state index is -0.120. The molecule has 206 valence electrons. The summed E-state index contributed by atoms with van der Waals surface area (Å²) in [5, 5.41) is 0. The lowest BCUT2D eigenvalue weighted by Crippen LogP contribution is -2.06. The molecule has 0 N–H and O–H groups in total. The number of carbonyl (C=O) groups excluding carboxylic acids is 2. The number of benzene rings is 3. The first-order valence-corrected chi connectivity index (χ1v) is 14.2. The second kappa shape index (κ2) is 19.3. The van der Waals surface area contributed by atoms with Crippen molar-refractivity contribution < 1.29 is 9.59 Å². The molecule has 0 aromatic heterocycles. The van der Waals surface area contributed by atoms with Gasteiger partial charge in [-0.1, -0.05) is 133 Å². The van der Waals surface area contributed by atoms with Crippen molar-refractivity contribution >= 4 is 23.7 Å². The Morgan fingerprint density at radius 2 is 1.59 bits per heavy atom. The minimum absolute atomic E-state index is 0.120. The zero-order valence-corrected chi connectivity index (χ0v) is 24.7. The van der Waals surface area contributed by atoms with Gasteiger partial charge < -0.3 is 0 Å². The number of unbranched alkanes of at least 4 members (excludes halogenated alkanes) is 2. The third-order valence-electron chi connectivity index (χ3n) is 6.42. The van der Waals surface area contributed by atoms with E-state index in [1.807, 2.05) is 82.3 Å². The van der Waals surface area contributed by atoms with Gasteiger partial charge in [-0.25, -0.2) is 0 Å². The molecule has 3 aromatic rings. The molecule has 0 spiro atoms. The van der Waals surface area contributed by atoms with Crippen LogP contribution in [0.2, 0.25) is 0 Å². The molecule has 0 aliphatic heterocycles. The van der Waals surface area contributed by atoms with E-state index in [2.05, 4.69) is 50.8 Å². The molecule has 0 radical (unpaired) electrons. The molecule has 0 aliphatic rings. The number of allylic oxidation sites excluding steroid dienone is 4. The van der Waals surface area contributed by atoms with Crippen LogP contribution in [-0.2, 0) is 16.0 Å². The monoisotopic (exact) mass is 522 g/mol. The van der Waals surface area contributed by atoms with Crippen molar-refractivity contribution in [1.29, 1.82) is 0 Å². The lowest BCUT2D eigenvalue weighted by atomic mass is 9.92. The lowest BCUT2D eigenvalue weighted by molar-refractivity contribution is -0.115. The molecule has 3 rings (SSSR count). The van der Waals surface area contributed by atoms with Crippen LogP contribution in [0.1, 0.15) is 89.0 Å². The van der Waals surface area contributed by atoms with Crippen LogP contribution in [0.5, 0.6) is 0 Å². The number of rotatable bonds is 11. The van der Waals surface area contributed by atoms with Gasteiger partial charge in [0.25, 0.3) is 0 Å². The van der Waals surface area contributed by atoms with E-state index in [-0.39, 0.29) is 11.7 Å². The van der Waals surface area contributed by atoms with E-state index in [4.69, 9.17) is 0 Å². The fraction of sp³-hybridized carbons (Fsp3) is 0.297. The Balaban J connectivity index is 0.000000428. The SMILES string of the molecule is C=Cc1cccc(-c2cccc(C(C)C(=O)/C=C/CCCC)c2)c1.CC.CCc1ccccc1/C(C)=C\C=O. The Hall–Kier alpha value is -3.78. The fourth-order valence-corrected chi connectivity index (χ4v) is 4.07. The van der Waals surface area contributed by atoms with Gasteiger partial charge in [0.15, 0.2) is 5.78 Å². The molecule has 0 amide bonds. The maximum atomic E-state index is 12.4. The van der Waals surface area contributed by atoms with Crippen molar-refractivity contribution in [2.24, 2.45) is 0 Å². The van der Waals surface area contributed by atoms with Gasteiger partial charge >= 0.3 is 0 Å². The molecule has 0 bridgehead atoms. The summed E-state index contributed by atoms with van der Waals surface area (Å²) >= 11 is 0. The molecular formula is C37H46O2. The molecular weight excluding hydrogens is 476 g/mol. The van der Waals surface area contributed by atoms with E-state index < -0.39 is 0 Å². The first kappa shape index (κ1) is 33.2. The van der Waals surface area contributed by atoms with E-state index in [9.17, 15) is 9.59 Å². The molecule has 1 atom stereocenters. The summed E-state index contributed by atoms with van der Waals surface area (Å²) in [4.78, 5) is 22.7. The second-order valence-electron chi connectivity index (χ2n) is 9.12. The predicted octanol–water partition coefficient (Wildman–Crippen LogP) is 10.3. The molecule has 0 aliphatic carbocycles. The number of aldehydes is 1. The molecule has 39 heavy (non-hydrogen) atoms. The molecule has 2 nitrogen and oxygen atoms in total. The molecule has 1 unspecified atom stereocenters. The number of hydrogen-bond donors (Lipinski definition) is 0. The summed E-state index contributed by atoms with van der Waals surface area (Å²) in [5.41, 5.74) is 7.93. The first-order chi connectivity index (χ1) is 18.9. The van der Waals surface area contributed by atoms with E-state index >= 15 is 0 Å². The quantitative estimate of drug-likeness (QED) is 0.143. The van der Waals surface area contributed by atoms with Gasteiger partial charge in [-0.15, -0.1) is 0 Å². The van der Waals surface area contributed by atoms with Gasteiger partial charge in [-0.3, -0.25) is 9.59 Å². The zero-order chi connectivity index (χ0) is 29.0. The van der Waals surface area contributed by atoms with Crippen molar-refractivity contribution in [2.75, 3.05) is 0 Å². The molecule has 2 heteroatoms. The topological polar surface area (TPSA) is 34.1 Å². The van der Waals surface area contributed by atoms with Crippen LogP contribution in [0.4, 0.5) is 0 Å². The number of carbonyl (C=O) groups is 2. The first-order valence-electron chi connectivity index (χ1n) is 14.2. The zero-order valence-electron chi connectivity index (χ0n) is 24.7. The largest absolute Gasteiger partial charge is 0.299 e. The van der Waals surface area contributed by atoms with Crippen LogP contribution < -0.4 is 0 Å². The summed E-state index contributed by atoms with van der Waals surface area (Å²) < 4.78 is 0. The third kappa shape index (κ3) is 11.2. The molecule has 0 saturated heterocycles. The van der Waals surface area contributed by atoms with Crippen LogP contribution >= 0.6 is 0 Å². The average Bonchev–Trinajstić information content (AvgIpc) is 3.00. The summed E-state index contributed by atoms with van der Waals surface area (Å²) in [6.07, 6.45) is 12.3. The van der Waals surface area contributed by atoms with Crippen molar-refractivity contribution in [3.8, 4) is 11.1 Å². The molecule has 3 aromatic carbocycles. The van der Waals surface area contributed by atoms with Crippen LogP contribution in [0.25, 0.3) is 22.8 Å². The number of ketones is 1. The van der Waals surface area contributed by atoms with Crippen molar-refractivity contribution in [2.45, 2.75) is 73.1 Å². The van der Waals surface area contributed by atoms with E-state index in [0.717, 1.165) is 59.8 Å². The fourth-order valence-electron chi connectivity index (χ4n) is 4.07. The predicted molar refractivity (Wildman–Crippen MR) is 171 cm³/mol. The van der Waals surface area contributed by atoms with E-state index in [0.29, 0.717) is 0 Å². The molecule has 0 heterocycles. The van der Waals surface area contributed by atoms with Gasteiger partial charge in [0, 0.05) is 5.92 Å². The number of hydrogen-bond acceptors (Lipinski definition) is 2. The Morgan fingerprint density at radius 1 is 0.923 bits per heavy atom. The van der Waals surface area contributed by atoms with Gasteiger partial charge in [0.1, 0.15) is 6.29 Å². The summed E-state index contributed by atoms with van der Waals surface area (Å²) in [6.45, 7) is 16.0. The Bertz CT molecular complexity index is 1230. The maximum absolute atomic E-state index is 12.4. The highest BCUT2D eigenvalue weighted by Crippen LogP contribution is 2.26. The number of aryl methyl sites for hydroxylation is 1. The van der Waals surface area contributed by atoms with Crippen molar-refractivity contribution in [1.82, 2.24) is 0 Å². The van der Waals surface area contributed by atoms with Crippen molar-refractivity contribution in [3.63, 3.8) is 0 Å². The van der Waals surface area contributed by atoms with Crippen LogP contribution in [0.15, 0.2) is 97.6 Å². The normalized spacial score (nSPS) is 11.5. The molecule has 0 saturated carbocycles. The Labute approximate surface area is 237 Å². The summed E-state index contributed by atoms with van der Waals surface area (Å²) in [7, 11) is 0. The van der Waals surface area contributed by atoms with Crippen molar-refractivity contribution in [3.05, 3.63) is 120 Å². The maximum Gasteiger partial charge on any atom is 0.162 e. The summed E-state index contributed by atoms with van der Waals surface area (Å²) in [6, 6.07) is 24.7. The van der Waals surface area contributed by atoms with Gasteiger partial charge in [0.2, 0.25) is 0 Å². The smallest absolute Gasteiger partial charge is 0.162 e. The third-order valence-corrected chi connectivity index (χ3v) is 6.42.